The van der Waals surface area contributed by atoms with E-state index in [1.807, 2.05) is 0 Å². The van der Waals surface area contributed by atoms with Crippen molar-refractivity contribution in [2.24, 2.45) is 11.8 Å². The summed E-state index contributed by atoms with van der Waals surface area (Å²) in [6.07, 6.45) is 2.26. The van der Waals surface area contributed by atoms with Crippen LogP contribution in [0.1, 0.15) is 53.4 Å². The maximum atomic E-state index is 11.9. The molecule has 0 spiro atoms. The van der Waals surface area contributed by atoms with Crippen LogP contribution in [0.2, 0.25) is 0 Å². The second-order valence-electron chi connectivity index (χ2n) is 6.15. The molecule has 0 aliphatic heterocycles. The first-order chi connectivity index (χ1) is 9.24. The van der Waals surface area contributed by atoms with Crippen LogP contribution in [0.5, 0.6) is 0 Å². The molecule has 1 aliphatic carbocycles. The maximum Gasteiger partial charge on any atom is 0.424 e. The Morgan fingerprint density at radius 3 is 2.20 bits per heavy atom. The molecule has 116 valence electrons. The largest absolute Gasteiger partial charge is 0.466 e. The van der Waals surface area contributed by atoms with Gasteiger partial charge in [-0.1, -0.05) is 0 Å². The van der Waals surface area contributed by atoms with Crippen LogP contribution in [-0.2, 0) is 14.3 Å². The highest BCUT2D eigenvalue weighted by molar-refractivity contribution is 5.72. The van der Waals surface area contributed by atoms with Gasteiger partial charge in [0.25, 0.3) is 0 Å². The zero-order chi connectivity index (χ0) is 15.3. The van der Waals surface area contributed by atoms with Crippen molar-refractivity contribution >= 4 is 12.1 Å². The van der Waals surface area contributed by atoms with E-state index in [0.717, 1.165) is 5.01 Å². The lowest BCUT2D eigenvalue weighted by molar-refractivity contribution is -0.149. The van der Waals surface area contributed by atoms with Gasteiger partial charge in [-0.15, -0.1) is 0 Å². The van der Waals surface area contributed by atoms with Crippen LogP contribution >= 0.6 is 0 Å². The van der Waals surface area contributed by atoms with Gasteiger partial charge in [0.05, 0.1) is 18.6 Å². The molecule has 0 bridgehead atoms. The quantitative estimate of drug-likeness (QED) is 0.372. The molecule has 0 aromatic heterocycles. The minimum Gasteiger partial charge on any atom is -0.466 e. The van der Waals surface area contributed by atoms with Gasteiger partial charge in [0, 0.05) is 0 Å². The Bertz CT molecular complexity index is 344. The summed E-state index contributed by atoms with van der Waals surface area (Å²) >= 11 is 0. The lowest BCUT2D eigenvalue weighted by atomic mass is 9.86. The van der Waals surface area contributed by atoms with Crippen molar-refractivity contribution in [3.63, 3.8) is 0 Å². The second-order valence-corrected chi connectivity index (χ2v) is 6.15. The number of hydrogen-bond acceptors (Lipinski definition) is 5. The second kappa shape index (κ2) is 6.92. The van der Waals surface area contributed by atoms with Crippen LogP contribution < -0.4 is 5.84 Å². The molecule has 2 N–H and O–H groups in total. The topological polar surface area (TPSA) is 81.9 Å². The van der Waals surface area contributed by atoms with E-state index in [0.29, 0.717) is 32.3 Å². The minimum absolute atomic E-state index is 0.0711. The fraction of sp³-hybridized carbons (Fsp3) is 0.857. The fourth-order valence-electron chi connectivity index (χ4n) is 2.31. The number of hydrazine groups is 1. The number of nitrogens with zero attached hydrogens (tertiary/aromatic N) is 1. The van der Waals surface area contributed by atoms with Gasteiger partial charge >= 0.3 is 12.1 Å². The highest BCUT2D eigenvalue weighted by Gasteiger charge is 2.32. The number of ether oxygens (including phenoxy) is 2. The fourth-order valence-corrected chi connectivity index (χ4v) is 2.31. The van der Waals surface area contributed by atoms with Gasteiger partial charge in [0.15, 0.2) is 0 Å². The smallest absolute Gasteiger partial charge is 0.424 e. The van der Waals surface area contributed by atoms with E-state index in [9.17, 15) is 9.59 Å². The van der Waals surface area contributed by atoms with Gasteiger partial charge in [-0.05, 0) is 53.4 Å². The van der Waals surface area contributed by atoms with Crippen molar-refractivity contribution in [1.82, 2.24) is 5.01 Å². The summed E-state index contributed by atoms with van der Waals surface area (Å²) in [4.78, 5) is 23.5. The van der Waals surface area contributed by atoms with Crippen LogP contribution in [0, 0.1) is 5.92 Å². The summed E-state index contributed by atoms with van der Waals surface area (Å²) in [5.74, 6) is 5.60. The van der Waals surface area contributed by atoms with Crippen LogP contribution in [0.25, 0.3) is 0 Å². The summed E-state index contributed by atoms with van der Waals surface area (Å²) < 4.78 is 10.3. The Kier molecular flexibility index (Phi) is 5.80. The summed E-state index contributed by atoms with van der Waals surface area (Å²) in [6, 6.07) is -0.0736. The van der Waals surface area contributed by atoms with E-state index >= 15 is 0 Å². The number of carbonyl (C=O) groups excluding carboxylic acids is 2. The van der Waals surface area contributed by atoms with Crippen LogP contribution in [0.15, 0.2) is 0 Å². The van der Waals surface area contributed by atoms with E-state index in [-0.39, 0.29) is 17.9 Å². The third-order valence-corrected chi connectivity index (χ3v) is 3.31. The van der Waals surface area contributed by atoms with Crippen molar-refractivity contribution in [3.8, 4) is 0 Å². The minimum atomic E-state index is -0.559. The predicted octanol–water partition coefficient (Wildman–Crippen LogP) is 2.22. The Morgan fingerprint density at radius 2 is 1.75 bits per heavy atom. The number of esters is 1. The number of rotatable bonds is 3. The first-order valence-electron chi connectivity index (χ1n) is 7.18. The Balaban J connectivity index is 2.44. The lowest BCUT2D eigenvalue weighted by Gasteiger charge is -2.34. The highest BCUT2D eigenvalue weighted by atomic mass is 16.6. The average molecular weight is 286 g/mol. The molecule has 6 heteroatoms. The van der Waals surface area contributed by atoms with Gasteiger partial charge in [0.2, 0.25) is 0 Å². The highest BCUT2D eigenvalue weighted by Crippen LogP contribution is 2.28. The van der Waals surface area contributed by atoms with Crippen molar-refractivity contribution in [1.29, 1.82) is 0 Å². The molecule has 0 atom stereocenters. The molecule has 1 saturated carbocycles. The van der Waals surface area contributed by atoms with Crippen molar-refractivity contribution < 1.29 is 19.1 Å². The molecular weight excluding hydrogens is 260 g/mol. The molecule has 0 radical (unpaired) electrons. The summed E-state index contributed by atoms with van der Waals surface area (Å²) in [5, 5.41) is 1.16. The van der Waals surface area contributed by atoms with E-state index < -0.39 is 11.7 Å². The monoisotopic (exact) mass is 286 g/mol. The zero-order valence-corrected chi connectivity index (χ0v) is 12.8. The Labute approximate surface area is 120 Å². The molecule has 0 unspecified atom stereocenters. The molecule has 0 aromatic rings. The zero-order valence-electron chi connectivity index (χ0n) is 12.8. The molecule has 0 aromatic carbocycles. The van der Waals surface area contributed by atoms with Crippen LogP contribution in [0.3, 0.4) is 0 Å². The van der Waals surface area contributed by atoms with E-state index in [4.69, 9.17) is 15.3 Å². The molecule has 20 heavy (non-hydrogen) atoms. The van der Waals surface area contributed by atoms with Gasteiger partial charge < -0.3 is 9.47 Å². The van der Waals surface area contributed by atoms with Crippen molar-refractivity contribution in [2.45, 2.75) is 65.0 Å². The number of nitrogens with two attached hydrogens (primary N) is 1. The third-order valence-electron chi connectivity index (χ3n) is 3.31. The SMILES string of the molecule is CCOC(=O)C1CCC(N(N)C(=O)OC(C)(C)C)CC1. The van der Waals surface area contributed by atoms with Crippen molar-refractivity contribution in [3.05, 3.63) is 0 Å². The van der Waals surface area contributed by atoms with Gasteiger partial charge in [0.1, 0.15) is 5.60 Å². The van der Waals surface area contributed by atoms with Gasteiger partial charge in [-0.25, -0.2) is 15.6 Å². The third kappa shape index (κ3) is 5.00. The lowest BCUT2D eigenvalue weighted by Crippen LogP contribution is -2.49. The number of carbonyl (C=O) groups is 2. The number of hydrogen-bond donors (Lipinski definition) is 1. The molecule has 1 aliphatic rings. The van der Waals surface area contributed by atoms with E-state index in [1.54, 1.807) is 27.7 Å². The molecule has 0 saturated heterocycles. The van der Waals surface area contributed by atoms with Crippen LogP contribution in [-0.4, -0.2) is 35.3 Å². The standard InChI is InChI=1S/C14H26N2O4/c1-5-19-12(17)10-6-8-11(9-7-10)16(15)13(18)20-14(2,3)4/h10-11H,5-9,15H2,1-4H3. The Morgan fingerprint density at radius 1 is 1.20 bits per heavy atom. The molecule has 1 rings (SSSR count). The van der Waals surface area contributed by atoms with Crippen molar-refractivity contribution in [2.75, 3.05) is 6.61 Å². The predicted molar refractivity (Wildman–Crippen MR) is 74.6 cm³/mol. The van der Waals surface area contributed by atoms with Gasteiger partial charge in [-0.2, -0.15) is 0 Å². The normalized spacial score (nSPS) is 23.1. The number of amides is 1. The van der Waals surface area contributed by atoms with Crippen LogP contribution in [0.4, 0.5) is 4.79 Å². The molecule has 1 fully saturated rings. The van der Waals surface area contributed by atoms with Gasteiger partial charge in [-0.3, -0.25) is 4.79 Å². The molecule has 6 nitrogen and oxygen atoms in total. The molecule has 1 amide bonds. The van der Waals surface area contributed by atoms with E-state index in [1.165, 1.54) is 0 Å². The first kappa shape index (κ1) is 16.8. The van der Waals surface area contributed by atoms with E-state index in [2.05, 4.69) is 0 Å². The Hall–Kier alpha value is -1.30. The maximum absolute atomic E-state index is 11.9. The summed E-state index contributed by atoms with van der Waals surface area (Å²) in [5.41, 5.74) is -0.559. The molecule has 0 heterocycles. The molecular formula is C14H26N2O4. The first-order valence-corrected chi connectivity index (χ1v) is 7.18. The summed E-state index contributed by atoms with van der Waals surface area (Å²) in [6.45, 7) is 7.61. The summed E-state index contributed by atoms with van der Waals surface area (Å²) in [7, 11) is 0. The average Bonchev–Trinajstić information content (AvgIpc) is 2.36.